The predicted octanol–water partition coefficient (Wildman–Crippen LogP) is 3.96. The molecule has 0 spiro atoms. The van der Waals surface area contributed by atoms with Crippen molar-refractivity contribution < 1.29 is 14.3 Å². The van der Waals surface area contributed by atoms with Gasteiger partial charge in [-0.3, -0.25) is 4.79 Å². The summed E-state index contributed by atoms with van der Waals surface area (Å²) >= 11 is 0. The number of rotatable bonds is 10. The topological polar surface area (TPSA) is 59.9 Å². The molecule has 0 aliphatic carbocycles. The van der Waals surface area contributed by atoms with Gasteiger partial charge in [-0.05, 0) is 67.3 Å². The summed E-state index contributed by atoms with van der Waals surface area (Å²) in [6, 6.07) is 15.3. The van der Waals surface area contributed by atoms with Gasteiger partial charge in [0.05, 0.1) is 12.8 Å². The summed E-state index contributed by atoms with van der Waals surface area (Å²) in [5, 5.41) is 3.93. The molecule has 0 radical (unpaired) electrons. The van der Waals surface area contributed by atoms with E-state index in [1.54, 1.807) is 6.21 Å². The molecule has 0 saturated carbocycles. The smallest absolute Gasteiger partial charge is 0.277 e. The van der Waals surface area contributed by atoms with E-state index in [9.17, 15) is 4.79 Å². The van der Waals surface area contributed by atoms with Crippen LogP contribution in [-0.4, -0.2) is 25.3 Å². The third kappa shape index (κ3) is 6.97. The zero-order valence-corrected chi connectivity index (χ0v) is 15.4. The van der Waals surface area contributed by atoms with Crippen molar-refractivity contribution >= 4 is 12.1 Å². The minimum atomic E-state index is -0.303. The maximum Gasteiger partial charge on any atom is 0.277 e. The summed E-state index contributed by atoms with van der Waals surface area (Å²) < 4.78 is 10.8. The number of hydrogen-bond donors (Lipinski definition) is 1. The first-order valence-electron chi connectivity index (χ1n) is 8.97. The van der Waals surface area contributed by atoms with Crippen LogP contribution in [0.1, 0.15) is 37.8 Å². The third-order valence-corrected chi connectivity index (χ3v) is 3.71. The molecule has 0 saturated heterocycles. The quantitative estimate of drug-likeness (QED) is 0.519. The maximum absolute atomic E-state index is 11.8. The first-order valence-corrected chi connectivity index (χ1v) is 8.97. The molecule has 5 heteroatoms. The maximum atomic E-state index is 11.8. The van der Waals surface area contributed by atoms with Crippen molar-refractivity contribution in [1.29, 1.82) is 0 Å². The Kier molecular flexibility index (Phi) is 8.19. The van der Waals surface area contributed by atoms with Crippen molar-refractivity contribution in [2.45, 2.75) is 33.1 Å². The van der Waals surface area contributed by atoms with Crippen LogP contribution in [0.4, 0.5) is 0 Å². The van der Waals surface area contributed by atoms with Gasteiger partial charge in [0.15, 0.2) is 6.61 Å². The van der Waals surface area contributed by atoms with E-state index in [2.05, 4.69) is 17.5 Å². The molecule has 0 fully saturated rings. The molecular formula is C21H26N2O3. The monoisotopic (exact) mass is 354 g/mol. The van der Waals surface area contributed by atoms with Gasteiger partial charge in [-0.25, -0.2) is 5.43 Å². The lowest BCUT2D eigenvalue weighted by molar-refractivity contribution is -0.123. The van der Waals surface area contributed by atoms with Gasteiger partial charge >= 0.3 is 0 Å². The molecule has 5 nitrogen and oxygen atoms in total. The first kappa shape index (κ1) is 19.5. The van der Waals surface area contributed by atoms with Crippen LogP contribution in [0.2, 0.25) is 0 Å². The van der Waals surface area contributed by atoms with Crippen LogP contribution >= 0.6 is 0 Å². The van der Waals surface area contributed by atoms with E-state index in [4.69, 9.17) is 9.47 Å². The summed E-state index contributed by atoms with van der Waals surface area (Å²) in [5.41, 5.74) is 4.61. The number of hydrogen-bond acceptors (Lipinski definition) is 4. The highest BCUT2D eigenvalue weighted by Crippen LogP contribution is 2.14. The minimum absolute atomic E-state index is 0.0745. The van der Waals surface area contributed by atoms with Gasteiger partial charge in [0, 0.05) is 0 Å². The third-order valence-electron chi connectivity index (χ3n) is 3.71. The number of amides is 1. The lowest BCUT2D eigenvalue weighted by Gasteiger charge is -2.06. The van der Waals surface area contributed by atoms with E-state index in [0.717, 1.165) is 17.7 Å². The Morgan fingerprint density at radius 2 is 1.65 bits per heavy atom. The van der Waals surface area contributed by atoms with E-state index in [1.165, 1.54) is 18.4 Å². The zero-order chi connectivity index (χ0) is 18.6. The number of carbonyl (C=O) groups excluding carboxylic acids is 1. The molecule has 2 aromatic carbocycles. The van der Waals surface area contributed by atoms with Gasteiger partial charge in [-0.2, -0.15) is 5.10 Å². The normalized spacial score (nSPS) is 10.7. The molecule has 0 aliphatic heterocycles. The molecule has 1 amide bonds. The molecule has 0 aliphatic rings. The molecule has 0 aromatic heterocycles. The minimum Gasteiger partial charge on any atom is -0.494 e. The molecule has 26 heavy (non-hydrogen) atoms. The molecule has 0 bridgehead atoms. The standard InChI is InChI=1S/C21H26N2O3/c1-3-5-6-17-7-11-20(12-8-17)26-16-21(24)23-22-15-18-9-13-19(14-10-18)25-4-2/h7-15H,3-6,16H2,1-2H3,(H,23,24)/b22-15+. The summed E-state index contributed by atoms with van der Waals surface area (Å²) in [6.07, 6.45) is 5.00. The van der Waals surface area contributed by atoms with Crippen molar-refractivity contribution in [1.82, 2.24) is 5.43 Å². The Hall–Kier alpha value is -2.82. The fourth-order valence-electron chi connectivity index (χ4n) is 2.31. The van der Waals surface area contributed by atoms with E-state index >= 15 is 0 Å². The summed E-state index contributed by atoms with van der Waals surface area (Å²) in [6.45, 7) is 4.67. The van der Waals surface area contributed by atoms with Gasteiger partial charge in [0.25, 0.3) is 5.91 Å². The highest BCUT2D eigenvalue weighted by atomic mass is 16.5. The number of hydrazone groups is 1. The molecule has 2 aromatic rings. The molecular weight excluding hydrogens is 328 g/mol. The van der Waals surface area contributed by atoms with Crippen LogP contribution in [0.3, 0.4) is 0 Å². The lowest BCUT2D eigenvalue weighted by atomic mass is 10.1. The Morgan fingerprint density at radius 1 is 1.00 bits per heavy atom. The Balaban J connectivity index is 1.72. The molecule has 2 rings (SSSR count). The van der Waals surface area contributed by atoms with Gasteiger partial charge in [0.1, 0.15) is 11.5 Å². The van der Waals surface area contributed by atoms with Gasteiger partial charge in [-0.1, -0.05) is 25.5 Å². The molecule has 138 valence electrons. The molecule has 0 unspecified atom stereocenters. The van der Waals surface area contributed by atoms with Crippen LogP contribution in [-0.2, 0) is 11.2 Å². The lowest BCUT2D eigenvalue weighted by Crippen LogP contribution is -2.24. The summed E-state index contributed by atoms with van der Waals surface area (Å²) in [5.74, 6) is 1.18. The highest BCUT2D eigenvalue weighted by Gasteiger charge is 2.02. The van der Waals surface area contributed by atoms with Crippen molar-refractivity contribution in [3.63, 3.8) is 0 Å². The van der Waals surface area contributed by atoms with Crippen LogP contribution in [0.5, 0.6) is 11.5 Å². The van der Waals surface area contributed by atoms with Gasteiger partial charge < -0.3 is 9.47 Å². The van der Waals surface area contributed by atoms with Crippen molar-refractivity contribution in [3.05, 3.63) is 59.7 Å². The number of nitrogens with one attached hydrogen (secondary N) is 1. The number of carbonyl (C=O) groups is 1. The largest absolute Gasteiger partial charge is 0.494 e. The van der Waals surface area contributed by atoms with Crippen LogP contribution in [0, 0.1) is 0 Å². The first-order chi connectivity index (χ1) is 12.7. The fourth-order valence-corrected chi connectivity index (χ4v) is 2.31. The number of aryl methyl sites for hydroxylation is 1. The van der Waals surface area contributed by atoms with E-state index in [-0.39, 0.29) is 12.5 Å². The summed E-state index contributed by atoms with van der Waals surface area (Å²) in [7, 11) is 0. The van der Waals surface area contributed by atoms with Crippen LogP contribution < -0.4 is 14.9 Å². The number of unbranched alkanes of at least 4 members (excludes halogenated alkanes) is 1. The van der Waals surface area contributed by atoms with E-state index in [1.807, 2.05) is 55.5 Å². The fraction of sp³-hybridized carbons (Fsp3) is 0.333. The van der Waals surface area contributed by atoms with Crippen molar-refractivity contribution in [3.8, 4) is 11.5 Å². The molecule has 0 atom stereocenters. The Morgan fingerprint density at radius 3 is 2.31 bits per heavy atom. The number of ether oxygens (including phenoxy) is 2. The van der Waals surface area contributed by atoms with Crippen molar-refractivity contribution in [2.75, 3.05) is 13.2 Å². The highest BCUT2D eigenvalue weighted by molar-refractivity contribution is 5.83. The van der Waals surface area contributed by atoms with Crippen LogP contribution in [0.25, 0.3) is 0 Å². The van der Waals surface area contributed by atoms with Gasteiger partial charge in [0.2, 0.25) is 0 Å². The Bertz CT molecular complexity index is 694. The second kappa shape index (κ2) is 10.9. The van der Waals surface area contributed by atoms with Crippen LogP contribution in [0.15, 0.2) is 53.6 Å². The predicted molar refractivity (Wildman–Crippen MR) is 104 cm³/mol. The molecule has 0 heterocycles. The van der Waals surface area contributed by atoms with E-state index < -0.39 is 0 Å². The van der Waals surface area contributed by atoms with Crippen molar-refractivity contribution in [2.24, 2.45) is 5.10 Å². The van der Waals surface area contributed by atoms with Gasteiger partial charge in [-0.15, -0.1) is 0 Å². The van der Waals surface area contributed by atoms with E-state index in [0.29, 0.717) is 12.4 Å². The summed E-state index contributed by atoms with van der Waals surface area (Å²) in [4.78, 5) is 11.8. The molecule has 1 N–H and O–H groups in total. The second-order valence-corrected chi connectivity index (χ2v) is 5.83. The SMILES string of the molecule is CCCCc1ccc(OCC(=O)N/N=C/c2ccc(OCC)cc2)cc1. The average molecular weight is 354 g/mol. The zero-order valence-electron chi connectivity index (χ0n) is 15.4. The Labute approximate surface area is 155 Å². The number of benzene rings is 2. The number of nitrogens with zero attached hydrogens (tertiary/aromatic N) is 1. The average Bonchev–Trinajstić information content (AvgIpc) is 2.67. The second-order valence-electron chi connectivity index (χ2n) is 5.83.